The molecule has 0 heterocycles. The quantitative estimate of drug-likeness (QED) is 0.576. The highest BCUT2D eigenvalue weighted by atomic mass is 16.5. The molecule has 0 aromatic heterocycles. The average Bonchev–Trinajstić information content (AvgIpc) is 2.45. The molecule has 1 rings (SSSR count). The largest absolute Gasteiger partial charge is 0.467 e. The average molecular weight is 286 g/mol. The van der Waals surface area contributed by atoms with Crippen LogP contribution in [0, 0.1) is 11.8 Å². The van der Waals surface area contributed by atoms with Gasteiger partial charge in [0.1, 0.15) is 6.04 Å². The number of rotatable bonds is 7. The van der Waals surface area contributed by atoms with Crippen molar-refractivity contribution in [3.8, 4) is 0 Å². The molecule has 0 aromatic carbocycles. The van der Waals surface area contributed by atoms with E-state index in [1.165, 1.54) is 26.9 Å². The molecule has 1 saturated carbocycles. The SMILES string of the molecule is COC(=O)C(CNCC1CCCCC1CO)NC(C)=O. The zero-order valence-electron chi connectivity index (χ0n) is 12.4. The molecular formula is C14H26N2O4. The van der Waals surface area contributed by atoms with Crippen molar-refractivity contribution < 1.29 is 19.4 Å². The monoisotopic (exact) mass is 286 g/mol. The maximum Gasteiger partial charge on any atom is 0.329 e. The van der Waals surface area contributed by atoms with Crippen molar-refractivity contribution in [1.82, 2.24) is 10.6 Å². The summed E-state index contributed by atoms with van der Waals surface area (Å²) in [7, 11) is 1.31. The van der Waals surface area contributed by atoms with Gasteiger partial charge in [-0.25, -0.2) is 4.79 Å². The Bertz CT molecular complexity index is 322. The molecule has 1 aliphatic carbocycles. The molecular weight excluding hydrogens is 260 g/mol. The van der Waals surface area contributed by atoms with Crippen LogP contribution in [-0.4, -0.2) is 49.8 Å². The van der Waals surface area contributed by atoms with E-state index in [4.69, 9.17) is 0 Å². The molecule has 1 amide bonds. The van der Waals surface area contributed by atoms with Crippen molar-refractivity contribution in [2.45, 2.75) is 38.6 Å². The minimum absolute atomic E-state index is 0.221. The molecule has 0 saturated heterocycles. The van der Waals surface area contributed by atoms with Crippen molar-refractivity contribution >= 4 is 11.9 Å². The second-order valence-electron chi connectivity index (χ2n) is 5.42. The normalized spacial score (nSPS) is 23.9. The number of hydrogen-bond donors (Lipinski definition) is 3. The first-order valence-electron chi connectivity index (χ1n) is 7.25. The summed E-state index contributed by atoms with van der Waals surface area (Å²) in [5, 5.41) is 15.1. The smallest absolute Gasteiger partial charge is 0.329 e. The fraction of sp³-hybridized carbons (Fsp3) is 0.857. The molecule has 6 nitrogen and oxygen atoms in total. The summed E-state index contributed by atoms with van der Waals surface area (Å²) in [4.78, 5) is 22.6. The zero-order valence-corrected chi connectivity index (χ0v) is 12.4. The van der Waals surface area contributed by atoms with Gasteiger partial charge in [0.2, 0.25) is 5.91 Å². The van der Waals surface area contributed by atoms with Gasteiger partial charge < -0.3 is 20.5 Å². The molecule has 1 fully saturated rings. The third-order valence-corrected chi connectivity index (χ3v) is 3.92. The number of carbonyl (C=O) groups is 2. The second kappa shape index (κ2) is 8.92. The highest BCUT2D eigenvalue weighted by Crippen LogP contribution is 2.28. The van der Waals surface area contributed by atoms with Crippen LogP contribution in [0.2, 0.25) is 0 Å². The molecule has 116 valence electrons. The fourth-order valence-electron chi connectivity index (χ4n) is 2.79. The van der Waals surface area contributed by atoms with E-state index >= 15 is 0 Å². The summed E-state index contributed by atoms with van der Waals surface area (Å²) in [6.45, 7) is 2.69. The van der Waals surface area contributed by atoms with Gasteiger partial charge in [0.15, 0.2) is 0 Å². The summed E-state index contributed by atoms with van der Waals surface area (Å²) >= 11 is 0. The second-order valence-corrected chi connectivity index (χ2v) is 5.42. The van der Waals surface area contributed by atoms with Gasteiger partial charge in [-0.1, -0.05) is 12.8 Å². The Balaban J connectivity index is 2.38. The molecule has 0 aliphatic heterocycles. The number of carbonyl (C=O) groups excluding carboxylic acids is 2. The fourth-order valence-corrected chi connectivity index (χ4v) is 2.79. The summed E-state index contributed by atoms with van der Waals surface area (Å²) in [5.41, 5.74) is 0. The lowest BCUT2D eigenvalue weighted by atomic mass is 9.79. The summed E-state index contributed by atoms with van der Waals surface area (Å²) in [5.74, 6) is 0.0705. The van der Waals surface area contributed by atoms with Crippen LogP contribution in [-0.2, 0) is 14.3 Å². The van der Waals surface area contributed by atoms with Crippen molar-refractivity contribution in [1.29, 1.82) is 0 Å². The van der Waals surface area contributed by atoms with Crippen LogP contribution >= 0.6 is 0 Å². The van der Waals surface area contributed by atoms with Gasteiger partial charge in [0.25, 0.3) is 0 Å². The molecule has 3 unspecified atom stereocenters. The van der Waals surface area contributed by atoms with E-state index in [9.17, 15) is 14.7 Å². The number of aliphatic hydroxyl groups excluding tert-OH is 1. The molecule has 3 N–H and O–H groups in total. The summed E-state index contributed by atoms with van der Waals surface area (Å²) in [6.07, 6.45) is 4.53. The van der Waals surface area contributed by atoms with Crippen molar-refractivity contribution in [3.63, 3.8) is 0 Å². The van der Waals surface area contributed by atoms with Crippen LogP contribution in [0.25, 0.3) is 0 Å². The van der Waals surface area contributed by atoms with Crippen molar-refractivity contribution in [2.24, 2.45) is 11.8 Å². The molecule has 3 atom stereocenters. The topological polar surface area (TPSA) is 87.7 Å². The molecule has 20 heavy (non-hydrogen) atoms. The van der Waals surface area contributed by atoms with Gasteiger partial charge in [-0.2, -0.15) is 0 Å². The van der Waals surface area contributed by atoms with E-state index in [2.05, 4.69) is 15.4 Å². The first-order chi connectivity index (χ1) is 9.58. The first-order valence-corrected chi connectivity index (χ1v) is 7.25. The van der Waals surface area contributed by atoms with Crippen LogP contribution in [0.4, 0.5) is 0 Å². The maximum atomic E-state index is 11.5. The molecule has 0 radical (unpaired) electrons. The van der Waals surface area contributed by atoms with Crippen LogP contribution in [0.5, 0.6) is 0 Å². The van der Waals surface area contributed by atoms with Crippen molar-refractivity contribution in [3.05, 3.63) is 0 Å². The first kappa shape index (κ1) is 16.9. The minimum Gasteiger partial charge on any atom is -0.467 e. The van der Waals surface area contributed by atoms with Crippen LogP contribution < -0.4 is 10.6 Å². The molecule has 6 heteroatoms. The zero-order chi connectivity index (χ0) is 15.0. The van der Waals surface area contributed by atoms with E-state index in [1.807, 2.05) is 0 Å². The van der Waals surface area contributed by atoms with Crippen LogP contribution in [0.15, 0.2) is 0 Å². The van der Waals surface area contributed by atoms with Gasteiger partial charge >= 0.3 is 5.97 Å². The number of hydrogen-bond acceptors (Lipinski definition) is 5. The predicted molar refractivity (Wildman–Crippen MR) is 75.0 cm³/mol. The minimum atomic E-state index is -0.659. The number of ether oxygens (including phenoxy) is 1. The lowest BCUT2D eigenvalue weighted by molar-refractivity contribution is -0.144. The number of aliphatic hydroxyl groups is 1. The van der Waals surface area contributed by atoms with Crippen LogP contribution in [0.3, 0.4) is 0 Å². The lowest BCUT2D eigenvalue weighted by Crippen LogP contribution is -2.48. The number of methoxy groups -OCH3 is 1. The third-order valence-electron chi connectivity index (χ3n) is 3.92. The van der Waals surface area contributed by atoms with Gasteiger partial charge in [-0.05, 0) is 31.2 Å². The maximum absolute atomic E-state index is 11.5. The Morgan fingerprint density at radius 2 is 1.95 bits per heavy atom. The Morgan fingerprint density at radius 3 is 2.50 bits per heavy atom. The van der Waals surface area contributed by atoms with Gasteiger partial charge in [0.05, 0.1) is 7.11 Å². The van der Waals surface area contributed by atoms with E-state index in [0.717, 1.165) is 19.4 Å². The molecule has 0 spiro atoms. The van der Waals surface area contributed by atoms with E-state index < -0.39 is 12.0 Å². The highest BCUT2D eigenvalue weighted by molar-refractivity contribution is 5.83. The van der Waals surface area contributed by atoms with Gasteiger partial charge in [-0.15, -0.1) is 0 Å². The van der Waals surface area contributed by atoms with Gasteiger partial charge in [0, 0.05) is 20.1 Å². The van der Waals surface area contributed by atoms with Crippen molar-refractivity contribution in [2.75, 3.05) is 26.8 Å². The summed E-state index contributed by atoms with van der Waals surface area (Å²) in [6, 6.07) is -0.659. The Morgan fingerprint density at radius 1 is 1.30 bits per heavy atom. The lowest BCUT2D eigenvalue weighted by Gasteiger charge is -2.30. The van der Waals surface area contributed by atoms with Gasteiger partial charge in [-0.3, -0.25) is 4.79 Å². The Kier molecular flexibility index (Phi) is 7.54. The number of esters is 1. The summed E-state index contributed by atoms with van der Waals surface area (Å²) < 4.78 is 4.66. The van der Waals surface area contributed by atoms with Crippen LogP contribution in [0.1, 0.15) is 32.6 Å². The molecule has 1 aliphatic rings. The number of amides is 1. The van der Waals surface area contributed by atoms with E-state index in [-0.39, 0.29) is 12.5 Å². The number of nitrogens with one attached hydrogen (secondary N) is 2. The Hall–Kier alpha value is -1.14. The highest BCUT2D eigenvalue weighted by Gasteiger charge is 2.25. The van der Waals surface area contributed by atoms with E-state index in [0.29, 0.717) is 18.4 Å². The third kappa shape index (κ3) is 5.46. The predicted octanol–water partition coefficient (Wildman–Crippen LogP) is 0.0524. The molecule has 0 bridgehead atoms. The molecule has 0 aromatic rings. The Labute approximate surface area is 120 Å². The van der Waals surface area contributed by atoms with E-state index in [1.54, 1.807) is 0 Å². The standard InChI is InChI=1S/C14H26N2O4/c1-10(18)16-13(14(19)20-2)8-15-7-11-5-3-4-6-12(11)9-17/h11-13,15,17H,3-9H2,1-2H3,(H,16,18).